The molecule has 2 rings (SSSR count). The Morgan fingerprint density at radius 1 is 1.25 bits per heavy atom. The van der Waals surface area contributed by atoms with Gasteiger partial charge in [-0.2, -0.15) is 0 Å². The van der Waals surface area contributed by atoms with Crippen molar-refractivity contribution in [1.82, 2.24) is 10.2 Å². The minimum Gasteiger partial charge on any atom is -0.466 e. The first-order valence-electron chi connectivity index (χ1n) is 7.41. The molecule has 116 valence electrons. The van der Waals surface area contributed by atoms with E-state index in [1.165, 1.54) is 0 Å². The maximum Gasteiger partial charge on any atom is 0.310 e. The Bertz CT molecular complexity index is 332. The third kappa shape index (κ3) is 4.35. The molecule has 1 unspecified atom stereocenters. The van der Waals surface area contributed by atoms with Crippen molar-refractivity contribution in [2.45, 2.75) is 45.1 Å². The molecule has 2 saturated heterocycles. The maximum atomic E-state index is 12.4. The second kappa shape index (κ2) is 8.47. The number of hydrogen-bond donors (Lipinski definition) is 1. The summed E-state index contributed by atoms with van der Waals surface area (Å²) in [5.74, 6) is -0.133. The van der Waals surface area contributed by atoms with Crippen LogP contribution in [0.3, 0.4) is 0 Å². The summed E-state index contributed by atoms with van der Waals surface area (Å²) in [6, 6.07) is -0.0466. The monoisotopic (exact) mass is 304 g/mol. The molecular weight excluding hydrogens is 280 g/mol. The minimum absolute atomic E-state index is 0. The molecule has 0 bridgehead atoms. The molecule has 6 heteroatoms. The lowest BCUT2D eigenvalue weighted by Gasteiger charge is -2.35. The third-order valence-electron chi connectivity index (χ3n) is 3.96. The van der Waals surface area contributed by atoms with Crippen molar-refractivity contribution in [3.8, 4) is 0 Å². The van der Waals surface area contributed by atoms with Crippen LogP contribution in [-0.4, -0.2) is 49.1 Å². The molecule has 0 saturated carbocycles. The first-order valence-corrected chi connectivity index (χ1v) is 7.41. The van der Waals surface area contributed by atoms with Gasteiger partial charge in [0.15, 0.2) is 0 Å². The van der Waals surface area contributed by atoms with Gasteiger partial charge in [0.1, 0.15) is 0 Å². The van der Waals surface area contributed by atoms with Crippen molar-refractivity contribution in [2.24, 2.45) is 5.92 Å². The van der Waals surface area contributed by atoms with E-state index >= 15 is 0 Å². The Labute approximate surface area is 126 Å². The van der Waals surface area contributed by atoms with Gasteiger partial charge in [-0.1, -0.05) is 6.42 Å². The second-order valence-corrected chi connectivity index (χ2v) is 5.38. The van der Waals surface area contributed by atoms with Crippen LogP contribution in [0.4, 0.5) is 0 Å². The van der Waals surface area contributed by atoms with Crippen LogP contribution in [0.5, 0.6) is 0 Å². The van der Waals surface area contributed by atoms with Crippen molar-refractivity contribution < 1.29 is 14.3 Å². The molecule has 0 aromatic heterocycles. The van der Waals surface area contributed by atoms with Crippen molar-refractivity contribution in [3.63, 3.8) is 0 Å². The van der Waals surface area contributed by atoms with E-state index in [0.717, 1.165) is 45.2 Å². The molecule has 2 atom stereocenters. The zero-order valence-corrected chi connectivity index (χ0v) is 12.9. The number of ether oxygens (including phenoxy) is 1. The van der Waals surface area contributed by atoms with Gasteiger partial charge >= 0.3 is 5.97 Å². The van der Waals surface area contributed by atoms with Crippen LogP contribution in [0.25, 0.3) is 0 Å². The largest absolute Gasteiger partial charge is 0.466 e. The summed E-state index contributed by atoms with van der Waals surface area (Å²) in [5, 5.41) is 3.28. The number of amides is 1. The summed E-state index contributed by atoms with van der Waals surface area (Å²) < 4.78 is 5.06. The smallest absolute Gasteiger partial charge is 0.310 e. The molecule has 1 amide bonds. The normalized spacial score (nSPS) is 26.6. The van der Waals surface area contributed by atoms with Gasteiger partial charge in [-0.05, 0) is 39.2 Å². The molecule has 2 aliphatic rings. The highest BCUT2D eigenvalue weighted by Crippen LogP contribution is 2.20. The summed E-state index contributed by atoms with van der Waals surface area (Å²) in [7, 11) is 0. The first kappa shape index (κ1) is 17.2. The quantitative estimate of drug-likeness (QED) is 0.800. The van der Waals surface area contributed by atoms with Crippen LogP contribution in [0.2, 0.25) is 0 Å². The van der Waals surface area contributed by atoms with E-state index in [-0.39, 0.29) is 36.2 Å². The predicted octanol–water partition coefficient (Wildman–Crippen LogP) is 1.35. The molecular formula is C14H25ClN2O3. The highest BCUT2D eigenvalue weighted by Gasteiger charge is 2.32. The van der Waals surface area contributed by atoms with E-state index < -0.39 is 0 Å². The number of likely N-dealkylation sites (tertiary alicyclic amines) is 1. The van der Waals surface area contributed by atoms with Gasteiger partial charge in [0, 0.05) is 13.1 Å². The molecule has 2 fully saturated rings. The van der Waals surface area contributed by atoms with E-state index in [1.54, 1.807) is 0 Å². The number of esters is 1. The summed E-state index contributed by atoms with van der Waals surface area (Å²) in [6.45, 7) is 4.44. The van der Waals surface area contributed by atoms with Crippen LogP contribution < -0.4 is 5.32 Å². The van der Waals surface area contributed by atoms with Gasteiger partial charge < -0.3 is 15.0 Å². The maximum absolute atomic E-state index is 12.4. The van der Waals surface area contributed by atoms with Crippen LogP contribution in [0.15, 0.2) is 0 Å². The van der Waals surface area contributed by atoms with Crippen LogP contribution in [-0.2, 0) is 14.3 Å². The van der Waals surface area contributed by atoms with E-state index in [9.17, 15) is 9.59 Å². The van der Waals surface area contributed by atoms with Gasteiger partial charge in [0.25, 0.3) is 0 Å². The number of piperidine rings is 2. The summed E-state index contributed by atoms with van der Waals surface area (Å²) in [4.78, 5) is 26.0. The van der Waals surface area contributed by atoms with E-state index in [2.05, 4.69) is 5.32 Å². The van der Waals surface area contributed by atoms with Gasteiger partial charge in [-0.25, -0.2) is 0 Å². The van der Waals surface area contributed by atoms with E-state index in [0.29, 0.717) is 13.2 Å². The number of hydrogen-bond acceptors (Lipinski definition) is 4. The fourth-order valence-electron chi connectivity index (χ4n) is 2.91. The number of nitrogens with zero attached hydrogens (tertiary/aromatic N) is 1. The molecule has 0 aromatic rings. The van der Waals surface area contributed by atoms with Crippen molar-refractivity contribution in [2.75, 3.05) is 26.2 Å². The molecule has 0 radical (unpaired) electrons. The van der Waals surface area contributed by atoms with Crippen LogP contribution >= 0.6 is 12.4 Å². The van der Waals surface area contributed by atoms with E-state index in [4.69, 9.17) is 4.74 Å². The average molecular weight is 305 g/mol. The highest BCUT2D eigenvalue weighted by molar-refractivity contribution is 5.85. The van der Waals surface area contributed by atoms with Crippen molar-refractivity contribution >= 4 is 24.3 Å². The Kier molecular flexibility index (Phi) is 7.30. The second-order valence-electron chi connectivity index (χ2n) is 5.38. The molecule has 5 nitrogen and oxygen atoms in total. The number of nitrogens with one attached hydrogen (secondary N) is 1. The van der Waals surface area contributed by atoms with Crippen molar-refractivity contribution in [3.05, 3.63) is 0 Å². The van der Waals surface area contributed by atoms with E-state index in [1.807, 2.05) is 11.8 Å². The number of carbonyl (C=O) groups excluding carboxylic acids is 2. The number of carbonyl (C=O) groups is 2. The lowest BCUT2D eigenvalue weighted by atomic mass is 9.96. The van der Waals surface area contributed by atoms with Crippen LogP contribution in [0.1, 0.15) is 39.0 Å². The van der Waals surface area contributed by atoms with Gasteiger partial charge in [-0.3, -0.25) is 9.59 Å². The molecule has 0 aliphatic carbocycles. The van der Waals surface area contributed by atoms with Gasteiger partial charge in [0.05, 0.1) is 18.6 Å². The average Bonchev–Trinajstić information content (AvgIpc) is 2.48. The minimum atomic E-state index is -0.156. The molecule has 2 aliphatic heterocycles. The third-order valence-corrected chi connectivity index (χ3v) is 3.96. The molecule has 0 spiro atoms. The molecule has 1 N–H and O–H groups in total. The highest BCUT2D eigenvalue weighted by atomic mass is 35.5. The number of rotatable bonds is 3. The fourth-order valence-corrected chi connectivity index (χ4v) is 2.91. The zero-order valence-electron chi connectivity index (χ0n) is 12.1. The standard InChI is InChI=1S/C14H24N2O3.ClH/c1-2-19-14(18)11-6-5-9-16(10-11)13(17)12-7-3-4-8-15-12;/h11-12,15H,2-10H2,1H3;1H/t11?,12-;/m0./s1. The van der Waals surface area contributed by atoms with Crippen LogP contribution in [0, 0.1) is 5.92 Å². The summed E-state index contributed by atoms with van der Waals surface area (Å²) in [5.41, 5.74) is 0. The van der Waals surface area contributed by atoms with Crippen molar-refractivity contribution in [1.29, 1.82) is 0 Å². The number of halogens is 1. The first-order chi connectivity index (χ1) is 9.22. The Hall–Kier alpha value is -0.810. The van der Waals surface area contributed by atoms with Gasteiger partial charge in [0.2, 0.25) is 5.91 Å². The Morgan fingerprint density at radius 2 is 2.05 bits per heavy atom. The SMILES string of the molecule is CCOC(=O)C1CCCN(C(=O)[C@@H]2CCCCN2)C1.Cl. The molecule has 20 heavy (non-hydrogen) atoms. The summed E-state index contributed by atoms with van der Waals surface area (Å²) >= 11 is 0. The topological polar surface area (TPSA) is 58.6 Å². The molecule has 0 aromatic carbocycles. The zero-order chi connectivity index (χ0) is 13.7. The fraction of sp³-hybridized carbons (Fsp3) is 0.857. The summed E-state index contributed by atoms with van der Waals surface area (Å²) in [6.07, 6.45) is 4.90. The lowest BCUT2D eigenvalue weighted by molar-refractivity contribution is -0.151. The predicted molar refractivity (Wildman–Crippen MR) is 78.8 cm³/mol. The Morgan fingerprint density at radius 3 is 2.70 bits per heavy atom. The van der Waals surface area contributed by atoms with Gasteiger partial charge in [-0.15, -0.1) is 12.4 Å². The molecule has 2 heterocycles. The Balaban J connectivity index is 0.00000200. The lowest BCUT2D eigenvalue weighted by Crippen LogP contribution is -2.52.